The van der Waals surface area contributed by atoms with Crippen molar-refractivity contribution < 1.29 is 8.42 Å². The Morgan fingerprint density at radius 1 is 1.30 bits per heavy atom. The molecule has 3 N–H and O–H groups in total. The molecule has 154 valence electrons. The van der Waals surface area contributed by atoms with Crippen molar-refractivity contribution in [2.24, 2.45) is 10.9 Å². The second kappa shape index (κ2) is 12.8. The maximum absolute atomic E-state index is 12.0. The highest BCUT2D eigenvalue weighted by Crippen LogP contribution is 2.25. The van der Waals surface area contributed by atoms with Crippen LogP contribution in [0.2, 0.25) is 5.02 Å². The summed E-state index contributed by atoms with van der Waals surface area (Å²) < 4.78 is 26.7. The average molecular weight is 529 g/mol. The number of benzene rings is 1. The lowest BCUT2D eigenvalue weighted by atomic mass is 9.86. The molecule has 0 amide bonds. The van der Waals surface area contributed by atoms with Crippen molar-refractivity contribution in [3.05, 3.63) is 34.9 Å². The van der Waals surface area contributed by atoms with Gasteiger partial charge in [0.05, 0.1) is 12.3 Å². The van der Waals surface area contributed by atoms with Gasteiger partial charge in [-0.15, -0.1) is 24.0 Å². The summed E-state index contributed by atoms with van der Waals surface area (Å²) in [7, 11) is -3.26. The SMILES string of the molecule is CCNC(=NCCS(=O)(=O)NCC1CCC1)NCCc1cccc(Cl)c1.I. The predicted molar refractivity (Wildman–Crippen MR) is 124 cm³/mol. The fourth-order valence-corrected chi connectivity index (χ4v) is 3.83. The first kappa shape index (κ1) is 24.5. The van der Waals surface area contributed by atoms with E-state index in [2.05, 4.69) is 20.3 Å². The van der Waals surface area contributed by atoms with Crippen LogP contribution in [0.3, 0.4) is 0 Å². The van der Waals surface area contributed by atoms with Gasteiger partial charge in [0, 0.05) is 24.7 Å². The lowest BCUT2D eigenvalue weighted by Crippen LogP contribution is -2.39. The summed E-state index contributed by atoms with van der Waals surface area (Å²) in [6.45, 7) is 4.18. The third-order valence-electron chi connectivity index (χ3n) is 4.39. The molecule has 0 bridgehead atoms. The number of halogens is 2. The molecule has 1 aliphatic rings. The zero-order valence-electron chi connectivity index (χ0n) is 15.7. The second-order valence-corrected chi connectivity index (χ2v) is 8.89. The fourth-order valence-electron chi connectivity index (χ4n) is 2.65. The Morgan fingerprint density at radius 3 is 2.70 bits per heavy atom. The molecule has 9 heteroatoms. The van der Waals surface area contributed by atoms with E-state index in [1.807, 2.05) is 31.2 Å². The molecule has 6 nitrogen and oxygen atoms in total. The van der Waals surface area contributed by atoms with Crippen molar-refractivity contribution in [3.8, 4) is 0 Å². The van der Waals surface area contributed by atoms with E-state index >= 15 is 0 Å². The molecule has 0 aromatic heterocycles. The molecule has 1 fully saturated rings. The van der Waals surface area contributed by atoms with Crippen LogP contribution in [-0.4, -0.2) is 46.3 Å². The van der Waals surface area contributed by atoms with Gasteiger partial charge in [0.15, 0.2) is 5.96 Å². The van der Waals surface area contributed by atoms with E-state index in [1.54, 1.807) is 0 Å². The highest BCUT2D eigenvalue weighted by Gasteiger charge is 2.19. The highest BCUT2D eigenvalue weighted by atomic mass is 127. The first-order valence-electron chi connectivity index (χ1n) is 9.22. The monoisotopic (exact) mass is 528 g/mol. The van der Waals surface area contributed by atoms with Crippen LogP contribution in [0.15, 0.2) is 29.3 Å². The maximum atomic E-state index is 12.0. The Hall–Kier alpha value is -0.580. The van der Waals surface area contributed by atoms with Crippen LogP contribution in [0.1, 0.15) is 31.7 Å². The maximum Gasteiger partial charge on any atom is 0.213 e. The van der Waals surface area contributed by atoms with Crippen LogP contribution in [-0.2, 0) is 16.4 Å². The quantitative estimate of drug-likeness (QED) is 0.248. The van der Waals surface area contributed by atoms with E-state index < -0.39 is 10.0 Å². The fraction of sp³-hybridized carbons (Fsp3) is 0.611. The second-order valence-electron chi connectivity index (χ2n) is 6.53. The van der Waals surface area contributed by atoms with Crippen molar-refractivity contribution in [1.29, 1.82) is 0 Å². The van der Waals surface area contributed by atoms with Gasteiger partial charge in [-0.2, -0.15) is 0 Å². The first-order chi connectivity index (χ1) is 12.5. The Morgan fingerprint density at radius 2 is 2.07 bits per heavy atom. The number of nitrogens with one attached hydrogen (secondary N) is 3. The minimum absolute atomic E-state index is 0. The van der Waals surface area contributed by atoms with E-state index in [4.69, 9.17) is 11.6 Å². The number of nitrogens with zero attached hydrogens (tertiary/aromatic N) is 1. The molecular formula is C18H30ClIN4O2S. The van der Waals surface area contributed by atoms with Gasteiger partial charge < -0.3 is 10.6 Å². The number of aliphatic imine (C=N–C) groups is 1. The molecule has 0 saturated heterocycles. The van der Waals surface area contributed by atoms with Crippen LogP contribution in [0, 0.1) is 5.92 Å². The Labute approximate surface area is 185 Å². The standard InChI is InChI=1S/C18H29ClN4O2S.HI/c1-2-20-18(21-10-9-15-5-4-8-17(19)13-15)22-11-12-26(24,25)23-14-16-6-3-7-16;/h4-5,8,13,16,23H,2-3,6-7,9-12,14H2,1H3,(H2,20,21,22);1H. The molecular weight excluding hydrogens is 499 g/mol. The van der Waals surface area contributed by atoms with Crippen LogP contribution in [0.5, 0.6) is 0 Å². The normalized spacial score (nSPS) is 15.0. The number of hydrogen-bond donors (Lipinski definition) is 3. The van der Waals surface area contributed by atoms with E-state index in [-0.39, 0.29) is 36.3 Å². The van der Waals surface area contributed by atoms with E-state index in [0.717, 1.165) is 36.4 Å². The van der Waals surface area contributed by atoms with Crippen molar-refractivity contribution in [2.75, 3.05) is 31.9 Å². The number of hydrogen-bond acceptors (Lipinski definition) is 3. The number of guanidine groups is 1. The Kier molecular flexibility index (Phi) is 11.6. The first-order valence-corrected chi connectivity index (χ1v) is 11.3. The van der Waals surface area contributed by atoms with Gasteiger partial charge in [0.1, 0.15) is 0 Å². The third kappa shape index (κ3) is 9.96. The lowest BCUT2D eigenvalue weighted by Gasteiger charge is -2.25. The Balaban J connectivity index is 0.00000364. The highest BCUT2D eigenvalue weighted by molar-refractivity contribution is 14.0. The summed E-state index contributed by atoms with van der Waals surface area (Å²) in [5.74, 6) is 1.15. The van der Waals surface area contributed by atoms with Crippen molar-refractivity contribution >= 4 is 51.6 Å². The predicted octanol–water partition coefficient (Wildman–Crippen LogP) is 2.78. The molecule has 2 rings (SSSR count). The summed E-state index contributed by atoms with van der Waals surface area (Å²) in [6.07, 6.45) is 4.28. The molecule has 1 saturated carbocycles. The van der Waals surface area contributed by atoms with Gasteiger partial charge in [-0.1, -0.05) is 30.2 Å². The van der Waals surface area contributed by atoms with E-state index in [9.17, 15) is 8.42 Å². The van der Waals surface area contributed by atoms with Gasteiger partial charge in [0.25, 0.3) is 0 Å². The van der Waals surface area contributed by atoms with Crippen LogP contribution in [0.4, 0.5) is 0 Å². The molecule has 1 aliphatic carbocycles. The van der Waals surface area contributed by atoms with Gasteiger partial charge in [-0.3, -0.25) is 4.99 Å². The largest absolute Gasteiger partial charge is 0.357 e. The topological polar surface area (TPSA) is 82.6 Å². The van der Waals surface area contributed by atoms with E-state index in [1.165, 1.54) is 6.42 Å². The van der Waals surface area contributed by atoms with Gasteiger partial charge in [-0.05, 0) is 49.8 Å². The number of sulfonamides is 1. The summed E-state index contributed by atoms with van der Waals surface area (Å²) in [6, 6.07) is 7.74. The molecule has 0 heterocycles. The average Bonchev–Trinajstić information content (AvgIpc) is 2.53. The smallest absolute Gasteiger partial charge is 0.213 e. The van der Waals surface area contributed by atoms with Crippen molar-refractivity contribution in [2.45, 2.75) is 32.6 Å². The minimum atomic E-state index is -3.26. The summed E-state index contributed by atoms with van der Waals surface area (Å²) >= 11 is 5.99. The van der Waals surface area contributed by atoms with Crippen molar-refractivity contribution in [1.82, 2.24) is 15.4 Å². The summed E-state index contributed by atoms with van der Waals surface area (Å²) in [5, 5.41) is 7.08. The summed E-state index contributed by atoms with van der Waals surface area (Å²) in [5.41, 5.74) is 1.14. The zero-order chi connectivity index (χ0) is 18.8. The molecule has 0 spiro atoms. The molecule has 0 radical (unpaired) electrons. The zero-order valence-corrected chi connectivity index (χ0v) is 19.6. The van der Waals surface area contributed by atoms with Crippen LogP contribution < -0.4 is 15.4 Å². The molecule has 0 unspecified atom stereocenters. The van der Waals surface area contributed by atoms with Gasteiger partial charge in [-0.25, -0.2) is 13.1 Å². The van der Waals surface area contributed by atoms with Crippen LogP contribution in [0.25, 0.3) is 0 Å². The third-order valence-corrected chi connectivity index (χ3v) is 5.95. The van der Waals surface area contributed by atoms with Gasteiger partial charge in [0.2, 0.25) is 10.0 Å². The van der Waals surface area contributed by atoms with E-state index in [0.29, 0.717) is 25.0 Å². The van der Waals surface area contributed by atoms with Crippen molar-refractivity contribution in [3.63, 3.8) is 0 Å². The molecule has 0 atom stereocenters. The summed E-state index contributed by atoms with van der Waals surface area (Å²) in [4.78, 5) is 4.36. The molecule has 0 aliphatic heterocycles. The number of rotatable bonds is 10. The Bertz CT molecular complexity index is 696. The molecule has 1 aromatic rings. The van der Waals surface area contributed by atoms with Gasteiger partial charge >= 0.3 is 0 Å². The van der Waals surface area contributed by atoms with Crippen LogP contribution >= 0.6 is 35.6 Å². The lowest BCUT2D eigenvalue weighted by molar-refractivity contribution is 0.316. The minimum Gasteiger partial charge on any atom is -0.357 e. The molecule has 1 aromatic carbocycles. The molecule has 27 heavy (non-hydrogen) atoms.